The first-order valence-corrected chi connectivity index (χ1v) is 10.2. The first kappa shape index (κ1) is 19.4. The van der Waals surface area contributed by atoms with E-state index in [1.54, 1.807) is 6.20 Å². The van der Waals surface area contributed by atoms with Crippen LogP contribution in [0.15, 0.2) is 24.4 Å². The van der Waals surface area contributed by atoms with E-state index in [0.717, 1.165) is 16.5 Å². The number of benzene rings is 1. The van der Waals surface area contributed by atoms with Gasteiger partial charge < -0.3 is 18.9 Å². The second kappa shape index (κ2) is 7.14. The quantitative estimate of drug-likeness (QED) is 0.507. The third-order valence-electron chi connectivity index (χ3n) is 5.77. The summed E-state index contributed by atoms with van der Waals surface area (Å²) in [5.74, 6) is 0.710. The molecule has 2 aliphatic rings. The van der Waals surface area contributed by atoms with Gasteiger partial charge in [-0.2, -0.15) is 18.3 Å². The molecule has 12 heteroatoms. The summed E-state index contributed by atoms with van der Waals surface area (Å²) in [6, 6.07) is 5.62. The van der Waals surface area contributed by atoms with Gasteiger partial charge in [-0.05, 0) is 6.07 Å². The van der Waals surface area contributed by atoms with Crippen LogP contribution in [0.25, 0.3) is 33.5 Å². The molecule has 6 rings (SSSR count). The van der Waals surface area contributed by atoms with Crippen LogP contribution in [0.2, 0.25) is 0 Å². The number of anilines is 1. The van der Waals surface area contributed by atoms with Crippen LogP contribution in [-0.2, 0) is 16.0 Å². The molecule has 9 nitrogen and oxygen atoms in total. The monoisotopic (exact) mass is 445 g/mol. The summed E-state index contributed by atoms with van der Waals surface area (Å²) in [6.45, 7) is 2.27. The smallest absolute Gasteiger partial charge is 0.378 e. The molecule has 0 radical (unpaired) electrons. The lowest BCUT2D eigenvalue weighted by Crippen LogP contribution is -2.37. The Hall–Kier alpha value is -3.25. The second-order valence-electron chi connectivity index (χ2n) is 7.69. The van der Waals surface area contributed by atoms with Gasteiger partial charge >= 0.3 is 6.18 Å². The number of hydrogen-bond donors (Lipinski definition) is 1. The molecule has 0 spiro atoms. The van der Waals surface area contributed by atoms with Gasteiger partial charge in [0.1, 0.15) is 5.82 Å². The van der Waals surface area contributed by atoms with Crippen molar-refractivity contribution in [2.24, 2.45) is 0 Å². The van der Waals surface area contributed by atoms with E-state index in [-0.39, 0.29) is 19.0 Å². The van der Waals surface area contributed by atoms with E-state index in [1.807, 2.05) is 23.1 Å². The van der Waals surface area contributed by atoms with Gasteiger partial charge in [0.25, 0.3) is 0 Å². The van der Waals surface area contributed by atoms with Crippen molar-refractivity contribution < 1.29 is 22.6 Å². The number of imidazole rings is 1. The number of ether oxygens (including phenoxy) is 2. The van der Waals surface area contributed by atoms with Crippen molar-refractivity contribution in [1.29, 1.82) is 0 Å². The fourth-order valence-electron chi connectivity index (χ4n) is 4.28. The average Bonchev–Trinajstić information content (AvgIpc) is 3.42. The van der Waals surface area contributed by atoms with Crippen LogP contribution in [-0.4, -0.2) is 68.8 Å². The Kier molecular flexibility index (Phi) is 4.33. The summed E-state index contributed by atoms with van der Waals surface area (Å²) in [5, 5.41) is 7.84. The van der Waals surface area contributed by atoms with Gasteiger partial charge in [0.15, 0.2) is 22.8 Å². The fourth-order valence-corrected chi connectivity index (χ4v) is 4.28. The van der Waals surface area contributed by atoms with Gasteiger partial charge in [-0.1, -0.05) is 12.1 Å². The number of fused-ring (bicyclic) bond motifs is 4. The number of rotatable bonds is 2. The Morgan fingerprint density at radius 3 is 2.69 bits per heavy atom. The zero-order chi connectivity index (χ0) is 21.9. The first-order valence-electron chi connectivity index (χ1n) is 10.2. The molecule has 0 amide bonds. The Labute approximate surface area is 179 Å². The fraction of sp³-hybridized carbons (Fsp3) is 0.400. The van der Waals surface area contributed by atoms with E-state index >= 15 is 0 Å². The Morgan fingerprint density at radius 2 is 1.88 bits per heavy atom. The van der Waals surface area contributed by atoms with Crippen molar-refractivity contribution in [2.75, 3.05) is 37.8 Å². The number of hydrogen-bond acceptors (Lipinski definition) is 7. The molecule has 0 saturated carbocycles. The molecule has 32 heavy (non-hydrogen) atoms. The van der Waals surface area contributed by atoms with Crippen LogP contribution < -0.4 is 4.90 Å². The molecule has 3 aromatic heterocycles. The molecule has 2 aliphatic heterocycles. The molecule has 0 aliphatic carbocycles. The topological polar surface area (TPSA) is 94.0 Å². The zero-order valence-corrected chi connectivity index (χ0v) is 16.8. The normalized spacial score (nSPS) is 19.6. The van der Waals surface area contributed by atoms with Crippen molar-refractivity contribution in [1.82, 2.24) is 29.7 Å². The van der Waals surface area contributed by atoms with Crippen LogP contribution in [0.5, 0.6) is 0 Å². The molecular formula is C20H18F3N7O2. The molecule has 1 fully saturated rings. The molecule has 1 unspecified atom stereocenters. The molecule has 1 aromatic carbocycles. The number of aromatic nitrogens is 6. The molecule has 0 bridgehead atoms. The highest BCUT2D eigenvalue weighted by Gasteiger charge is 2.47. The summed E-state index contributed by atoms with van der Waals surface area (Å²) in [4.78, 5) is 15.8. The van der Waals surface area contributed by atoms with Gasteiger partial charge in [-0.15, -0.1) is 0 Å². The second-order valence-corrected chi connectivity index (χ2v) is 7.69. The predicted octanol–water partition coefficient (Wildman–Crippen LogP) is 2.84. The molecule has 5 heterocycles. The molecule has 4 aromatic rings. The maximum atomic E-state index is 13.6. The summed E-state index contributed by atoms with van der Waals surface area (Å²) in [6.07, 6.45) is -4.98. The van der Waals surface area contributed by atoms with Crippen LogP contribution in [0.1, 0.15) is 11.9 Å². The number of halogens is 3. The minimum atomic E-state index is -4.57. The highest BCUT2D eigenvalue weighted by molar-refractivity contribution is 5.94. The summed E-state index contributed by atoms with van der Waals surface area (Å²) < 4.78 is 52.9. The average molecular weight is 445 g/mol. The Balaban J connectivity index is 1.61. The largest absolute Gasteiger partial charge is 0.421 e. The molecule has 1 atom stereocenters. The van der Waals surface area contributed by atoms with Gasteiger partial charge in [-0.25, -0.2) is 15.0 Å². The minimum Gasteiger partial charge on any atom is -0.378 e. The van der Waals surface area contributed by atoms with E-state index in [9.17, 15) is 13.2 Å². The number of alkyl halides is 3. The van der Waals surface area contributed by atoms with Crippen LogP contribution >= 0.6 is 0 Å². The third kappa shape index (κ3) is 3.01. The lowest BCUT2D eigenvalue weighted by molar-refractivity contribution is -0.233. The van der Waals surface area contributed by atoms with Crippen LogP contribution in [0, 0.1) is 0 Å². The highest BCUT2D eigenvalue weighted by Crippen LogP contribution is 2.40. The lowest BCUT2D eigenvalue weighted by atomic mass is 10.1. The third-order valence-corrected chi connectivity index (χ3v) is 5.77. The van der Waals surface area contributed by atoms with Crippen molar-refractivity contribution in [3.63, 3.8) is 0 Å². The van der Waals surface area contributed by atoms with E-state index in [0.29, 0.717) is 49.1 Å². The standard InChI is InChI=1S/C20H18F3N7O2/c21-20(22,23)15-19-25-14-17(29-4-7-31-8-5-29)26-16(27-18(14)30(19)6-9-32-15)11-2-1-3-13-12(11)10-24-28-13/h1-3,10,15H,4-9H2,(H,24,28). The molecule has 1 N–H and O–H groups in total. The SMILES string of the molecule is FC(F)(F)C1OCCn2c1nc1c(N3CCOCC3)nc(-c3cccc4[nH]ncc34)nc12. The van der Waals surface area contributed by atoms with E-state index in [1.165, 1.54) is 4.57 Å². The van der Waals surface area contributed by atoms with Crippen LogP contribution in [0.4, 0.5) is 19.0 Å². The van der Waals surface area contributed by atoms with Crippen molar-refractivity contribution in [3.8, 4) is 11.4 Å². The zero-order valence-electron chi connectivity index (χ0n) is 16.8. The Bertz CT molecular complexity index is 1310. The van der Waals surface area contributed by atoms with E-state index in [2.05, 4.69) is 20.2 Å². The van der Waals surface area contributed by atoms with Gasteiger partial charge in [0, 0.05) is 30.6 Å². The first-order chi connectivity index (χ1) is 15.5. The van der Waals surface area contributed by atoms with Crippen molar-refractivity contribution in [2.45, 2.75) is 18.8 Å². The van der Waals surface area contributed by atoms with Gasteiger partial charge in [-0.3, -0.25) is 5.10 Å². The highest BCUT2D eigenvalue weighted by atomic mass is 19.4. The minimum absolute atomic E-state index is 0.0772. The Morgan fingerprint density at radius 1 is 1.03 bits per heavy atom. The van der Waals surface area contributed by atoms with Crippen molar-refractivity contribution in [3.05, 3.63) is 30.2 Å². The lowest BCUT2D eigenvalue weighted by Gasteiger charge is -2.28. The maximum absolute atomic E-state index is 13.6. The molecular weight excluding hydrogens is 427 g/mol. The van der Waals surface area contributed by atoms with Gasteiger partial charge in [0.2, 0.25) is 6.10 Å². The maximum Gasteiger partial charge on any atom is 0.421 e. The van der Waals surface area contributed by atoms with E-state index in [4.69, 9.17) is 14.5 Å². The number of H-pyrrole nitrogens is 1. The van der Waals surface area contributed by atoms with E-state index < -0.39 is 12.3 Å². The summed E-state index contributed by atoms with van der Waals surface area (Å²) in [5.41, 5.74) is 2.26. The summed E-state index contributed by atoms with van der Waals surface area (Å²) >= 11 is 0. The predicted molar refractivity (Wildman–Crippen MR) is 108 cm³/mol. The number of nitrogens with zero attached hydrogens (tertiary/aromatic N) is 6. The molecule has 166 valence electrons. The summed E-state index contributed by atoms with van der Waals surface area (Å²) in [7, 11) is 0. The van der Waals surface area contributed by atoms with Gasteiger partial charge in [0.05, 0.1) is 31.5 Å². The number of aromatic amines is 1. The number of nitrogens with one attached hydrogen (secondary N) is 1. The van der Waals surface area contributed by atoms with Crippen molar-refractivity contribution >= 4 is 27.9 Å². The van der Waals surface area contributed by atoms with Crippen LogP contribution in [0.3, 0.4) is 0 Å². The molecule has 1 saturated heterocycles. The number of morpholine rings is 1.